The highest BCUT2D eigenvalue weighted by Crippen LogP contribution is 2.41. The van der Waals surface area contributed by atoms with Crippen LogP contribution in [-0.2, 0) is 6.42 Å². The molecular formula is C20H21N. The molecular weight excluding hydrogens is 254 g/mol. The molecule has 0 radical (unpaired) electrons. The van der Waals surface area contributed by atoms with Crippen LogP contribution in [0, 0.1) is 0 Å². The summed E-state index contributed by atoms with van der Waals surface area (Å²) in [5.74, 6) is 0.122. The van der Waals surface area contributed by atoms with Gasteiger partial charge in [0, 0.05) is 22.6 Å². The Morgan fingerprint density at radius 3 is 2.95 bits per heavy atom. The number of rotatable bonds is 2. The minimum atomic E-state index is -2.35. The maximum Gasteiger partial charge on any atom is 0.0523 e. The molecule has 0 fully saturated rings. The number of hydrogen-bond donors (Lipinski definition) is 0. The first-order chi connectivity index (χ1) is 11.8. The lowest BCUT2D eigenvalue weighted by atomic mass is 9.92. The van der Waals surface area contributed by atoms with Gasteiger partial charge in [-0.15, -0.1) is 0 Å². The molecule has 106 valence electrons. The second-order valence-electron chi connectivity index (χ2n) is 5.89. The van der Waals surface area contributed by atoms with Gasteiger partial charge in [0.1, 0.15) is 0 Å². The van der Waals surface area contributed by atoms with Crippen molar-refractivity contribution in [3.63, 3.8) is 0 Å². The van der Waals surface area contributed by atoms with Crippen molar-refractivity contribution in [2.24, 2.45) is 0 Å². The van der Waals surface area contributed by atoms with E-state index in [1.807, 2.05) is 6.08 Å². The second-order valence-corrected chi connectivity index (χ2v) is 5.89. The minimum absolute atomic E-state index is 0.122. The fourth-order valence-corrected chi connectivity index (χ4v) is 3.52. The summed E-state index contributed by atoms with van der Waals surface area (Å²) in [6, 6.07) is 13.2. The molecule has 4 rings (SSSR count). The predicted octanol–water partition coefficient (Wildman–Crippen LogP) is 4.58. The summed E-state index contributed by atoms with van der Waals surface area (Å²) in [4.78, 5) is 1.64. The molecule has 2 atom stereocenters. The van der Waals surface area contributed by atoms with E-state index in [0.717, 1.165) is 6.42 Å². The lowest BCUT2D eigenvalue weighted by Crippen LogP contribution is -2.25. The second kappa shape index (κ2) is 4.77. The standard InChI is InChI=1S/C20H21N/c1-14(2)21-11-10-16(13-21)18-8-5-9-19-17-7-4-3-6-15(17)12-20(18)19/h3-11,14,16H,12-13H2,1-2H3/i1D3,14D. The molecule has 0 saturated heterocycles. The smallest absolute Gasteiger partial charge is 0.0523 e. The molecule has 2 aromatic carbocycles. The maximum absolute atomic E-state index is 8.30. The number of benzene rings is 2. The molecule has 0 spiro atoms. The van der Waals surface area contributed by atoms with Crippen molar-refractivity contribution < 1.29 is 5.48 Å². The predicted molar refractivity (Wildman–Crippen MR) is 88.4 cm³/mol. The van der Waals surface area contributed by atoms with Crippen molar-refractivity contribution in [3.8, 4) is 11.1 Å². The zero-order valence-electron chi connectivity index (χ0n) is 16.1. The fourth-order valence-electron chi connectivity index (χ4n) is 3.52. The molecule has 0 amide bonds. The third-order valence-corrected chi connectivity index (χ3v) is 4.61. The van der Waals surface area contributed by atoms with Crippen molar-refractivity contribution >= 4 is 0 Å². The van der Waals surface area contributed by atoms with Crippen LogP contribution < -0.4 is 0 Å². The van der Waals surface area contributed by atoms with E-state index in [2.05, 4.69) is 42.5 Å². The van der Waals surface area contributed by atoms with Gasteiger partial charge in [-0.3, -0.25) is 0 Å². The summed E-state index contributed by atoms with van der Waals surface area (Å²) < 4.78 is 31.3. The van der Waals surface area contributed by atoms with Gasteiger partial charge in [-0.25, -0.2) is 0 Å². The van der Waals surface area contributed by atoms with E-state index in [4.69, 9.17) is 5.48 Å². The van der Waals surface area contributed by atoms with Crippen LogP contribution in [0.4, 0.5) is 0 Å². The highest BCUT2D eigenvalue weighted by molar-refractivity contribution is 5.78. The average Bonchev–Trinajstić information content (AvgIpc) is 3.18. The fraction of sp³-hybridized carbons (Fsp3) is 0.300. The maximum atomic E-state index is 8.30. The molecule has 1 heterocycles. The van der Waals surface area contributed by atoms with Crippen molar-refractivity contribution in [1.29, 1.82) is 0 Å². The summed E-state index contributed by atoms with van der Waals surface area (Å²) in [5.41, 5.74) is 6.50. The Morgan fingerprint density at radius 2 is 2.05 bits per heavy atom. The molecule has 0 saturated carbocycles. The summed E-state index contributed by atoms with van der Waals surface area (Å²) in [7, 11) is 0. The molecule has 1 aliphatic carbocycles. The van der Waals surface area contributed by atoms with Crippen LogP contribution in [0.3, 0.4) is 0 Å². The van der Waals surface area contributed by atoms with Crippen LogP contribution in [0.5, 0.6) is 0 Å². The van der Waals surface area contributed by atoms with Crippen LogP contribution in [0.15, 0.2) is 54.7 Å². The summed E-state index contributed by atoms with van der Waals surface area (Å²) >= 11 is 0. The summed E-state index contributed by atoms with van der Waals surface area (Å²) in [6.07, 6.45) is 4.74. The number of hydrogen-bond acceptors (Lipinski definition) is 1. The number of nitrogens with zero attached hydrogens (tertiary/aromatic N) is 1. The monoisotopic (exact) mass is 279 g/mol. The van der Waals surface area contributed by atoms with Crippen LogP contribution in [0.2, 0.25) is 0 Å². The third-order valence-electron chi connectivity index (χ3n) is 4.61. The zero-order chi connectivity index (χ0) is 17.8. The van der Waals surface area contributed by atoms with E-state index in [-0.39, 0.29) is 5.92 Å². The lowest BCUT2D eigenvalue weighted by molar-refractivity contribution is 0.326. The summed E-state index contributed by atoms with van der Waals surface area (Å²) in [6.45, 7) is -0.343. The van der Waals surface area contributed by atoms with Gasteiger partial charge >= 0.3 is 0 Å². The van der Waals surface area contributed by atoms with E-state index in [0.29, 0.717) is 6.54 Å². The third kappa shape index (κ3) is 1.99. The molecule has 2 unspecified atom stereocenters. The van der Waals surface area contributed by atoms with Gasteiger partial charge in [-0.1, -0.05) is 48.5 Å². The molecule has 0 N–H and O–H groups in total. The average molecular weight is 279 g/mol. The minimum Gasteiger partial charge on any atom is -0.374 e. The van der Waals surface area contributed by atoms with Gasteiger partial charge in [0.25, 0.3) is 0 Å². The highest BCUT2D eigenvalue weighted by Gasteiger charge is 2.26. The Kier molecular flexibility index (Phi) is 2.06. The van der Waals surface area contributed by atoms with Crippen molar-refractivity contribution in [2.75, 3.05) is 6.54 Å². The molecule has 1 heteroatoms. The van der Waals surface area contributed by atoms with Gasteiger partial charge in [0.15, 0.2) is 0 Å². The normalized spacial score (nSPS) is 25.4. The zero-order valence-corrected chi connectivity index (χ0v) is 12.1. The Labute approximate surface area is 132 Å². The molecule has 1 aliphatic heterocycles. The van der Waals surface area contributed by atoms with E-state index in [1.165, 1.54) is 34.7 Å². The van der Waals surface area contributed by atoms with E-state index in [9.17, 15) is 0 Å². The Morgan fingerprint density at radius 1 is 1.19 bits per heavy atom. The highest BCUT2D eigenvalue weighted by atomic mass is 15.1. The summed E-state index contributed by atoms with van der Waals surface area (Å²) in [5, 5.41) is 0. The van der Waals surface area contributed by atoms with E-state index in [1.54, 1.807) is 11.1 Å². The molecule has 0 aromatic heterocycles. The Bertz CT molecular complexity index is 851. The lowest BCUT2D eigenvalue weighted by Gasteiger charge is -2.23. The van der Waals surface area contributed by atoms with Gasteiger partial charge < -0.3 is 4.90 Å². The molecule has 2 aliphatic rings. The largest absolute Gasteiger partial charge is 0.374 e. The van der Waals surface area contributed by atoms with Gasteiger partial charge in [-0.2, -0.15) is 0 Å². The first-order valence-electron chi connectivity index (χ1n) is 9.44. The topological polar surface area (TPSA) is 3.24 Å². The molecule has 2 aromatic rings. The quantitative estimate of drug-likeness (QED) is 0.663. The van der Waals surface area contributed by atoms with Crippen molar-refractivity contribution in [2.45, 2.75) is 32.1 Å². The van der Waals surface area contributed by atoms with E-state index < -0.39 is 12.9 Å². The molecule has 0 bridgehead atoms. The molecule has 21 heavy (non-hydrogen) atoms. The first-order valence-corrected chi connectivity index (χ1v) is 7.44. The van der Waals surface area contributed by atoms with Crippen LogP contribution in [0.1, 0.15) is 41.9 Å². The van der Waals surface area contributed by atoms with Crippen LogP contribution in [0.25, 0.3) is 11.1 Å². The molecule has 1 nitrogen and oxygen atoms in total. The van der Waals surface area contributed by atoms with Gasteiger partial charge in [0.05, 0.1) is 1.37 Å². The van der Waals surface area contributed by atoms with Crippen LogP contribution in [-0.4, -0.2) is 17.5 Å². The Hall–Kier alpha value is -2.02. The first kappa shape index (κ1) is 9.09. The van der Waals surface area contributed by atoms with Gasteiger partial charge in [-0.05, 0) is 54.2 Å². The van der Waals surface area contributed by atoms with Crippen molar-refractivity contribution in [1.82, 2.24) is 4.90 Å². The van der Waals surface area contributed by atoms with E-state index >= 15 is 0 Å². The number of fused-ring (bicyclic) bond motifs is 3. The Balaban J connectivity index is 1.65. The van der Waals surface area contributed by atoms with Gasteiger partial charge in [0.2, 0.25) is 0 Å². The van der Waals surface area contributed by atoms with Crippen LogP contribution >= 0.6 is 0 Å². The van der Waals surface area contributed by atoms with Crippen molar-refractivity contribution in [3.05, 3.63) is 71.4 Å². The SMILES string of the molecule is [2H]C([2H])([2H])C([2H])(C)N1C=CC(c2cccc3c2Cc2ccccc2-3)C1.